The Balaban J connectivity index is 3.43. The van der Waals surface area contributed by atoms with Crippen molar-refractivity contribution in [3.63, 3.8) is 0 Å². The summed E-state index contributed by atoms with van der Waals surface area (Å²) < 4.78 is 77.0. The van der Waals surface area contributed by atoms with E-state index in [1.807, 2.05) is 0 Å². The van der Waals surface area contributed by atoms with E-state index in [4.69, 9.17) is 23.2 Å². The highest BCUT2D eigenvalue weighted by molar-refractivity contribution is 6.32. The second-order valence-corrected chi connectivity index (χ2v) is 3.62. The summed E-state index contributed by atoms with van der Waals surface area (Å²) in [5, 5.41) is -0.494. The standard InChI is InChI=1S/C8H3Cl2F6NO/c9-1-3-4(10)2-17-6(18-8(14,15)16)5(3)7(11,12)13/h2H,1H2. The highest BCUT2D eigenvalue weighted by Crippen LogP contribution is 2.42. The number of nitrogens with zero attached hydrogens (tertiary/aromatic N) is 1. The van der Waals surface area contributed by atoms with Crippen molar-refractivity contribution in [2.24, 2.45) is 0 Å². The number of hydrogen-bond donors (Lipinski definition) is 0. The van der Waals surface area contributed by atoms with Gasteiger partial charge in [-0.1, -0.05) is 11.6 Å². The first-order valence-electron chi connectivity index (χ1n) is 4.12. The normalized spacial score (nSPS) is 12.7. The van der Waals surface area contributed by atoms with Crippen LogP contribution in [0.5, 0.6) is 5.88 Å². The number of pyridine rings is 1. The lowest BCUT2D eigenvalue weighted by atomic mass is 10.1. The monoisotopic (exact) mass is 313 g/mol. The lowest BCUT2D eigenvalue weighted by molar-refractivity contribution is -0.277. The molecule has 102 valence electrons. The van der Waals surface area contributed by atoms with Crippen LogP contribution in [0.15, 0.2) is 6.20 Å². The lowest BCUT2D eigenvalue weighted by Gasteiger charge is -2.17. The minimum atomic E-state index is -5.30. The zero-order valence-corrected chi connectivity index (χ0v) is 9.68. The molecule has 18 heavy (non-hydrogen) atoms. The van der Waals surface area contributed by atoms with Gasteiger partial charge in [-0.15, -0.1) is 24.8 Å². The van der Waals surface area contributed by atoms with Gasteiger partial charge >= 0.3 is 12.5 Å². The van der Waals surface area contributed by atoms with Crippen LogP contribution >= 0.6 is 23.2 Å². The van der Waals surface area contributed by atoms with Gasteiger partial charge in [-0.05, 0) is 0 Å². The van der Waals surface area contributed by atoms with Crippen molar-refractivity contribution in [1.82, 2.24) is 4.98 Å². The maximum atomic E-state index is 12.6. The van der Waals surface area contributed by atoms with Gasteiger partial charge in [0.05, 0.1) is 5.02 Å². The van der Waals surface area contributed by atoms with Gasteiger partial charge in [0.2, 0.25) is 5.88 Å². The molecule has 1 heterocycles. The van der Waals surface area contributed by atoms with Gasteiger partial charge in [0, 0.05) is 17.6 Å². The molecule has 0 aliphatic carbocycles. The molecule has 0 spiro atoms. The molecule has 0 amide bonds. The van der Waals surface area contributed by atoms with Crippen molar-refractivity contribution in [3.8, 4) is 5.88 Å². The van der Waals surface area contributed by atoms with Crippen molar-refractivity contribution in [1.29, 1.82) is 0 Å². The summed E-state index contributed by atoms with van der Waals surface area (Å²) in [5.41, 5.74) is -2.46. The molecule has 1 aromatic heterocycles. The first-order chi connectivity index (χ1) is 8.06. The average molecular weight is 314 g/mol. The van der Waals surface area contributed by atoms with Crippen molar-refractivity contribution in [2.75, 3.05) is 0 Å². The molecular formula is C8H3Cl2F6NO. The van der Waals surface area contributed by atoms with Crippen LogP contribution in [0.4, 0.5) is 26.3 Å². The summed E-state index contributed by atoms with van der Waals surface area (Å²) in [4.78, 5) is 2.89. The number of aromatic nitrogens is 1. The number of rotatable bonds is 2. The maximum absolute atomic E-state index is 12.6. The van der Waals surface area contributed by atoms with Gasteiger partial charge in [-0.25, -0.2) is 4.98 Å². The van der Waals surface area contributed by atoms with Gasteiger partial charge in [0.25, 0.3) is 0 Å². The molecule has 2 nitrogen and oxygen atoms in total. The van der Waals surface area contributed by atoms with Crippen LogP contribution < -0.4 is 4.74 Å². The Kier molecular flexibility index (Phi) is 4.22. The van der Waals surface area contributed by atoms with Crippen LogP contribution in [0.2, 0.25) is 5.02 Å². The van der Waals surface area contributed by atoms with E-state index < -0.39 is 40.4 Å². The summed E-state index contributed by atoms with van der Waals surface area (Å²) in [6.45, 7) is 0. The van der Waals surface area contributed by atoms with Gasteiger partial charge < -0.3 is 4.74 Å². The van der Waals surface area contributed by atoms with E-state index in [0.717, 1.165) is 0 Å². The molecule has 0 fully saturated rings. The molecule has 0 saturated carbocycles. The van der Waals surface area contributed by atoms with Crippen LogP contribution in [0.1, 0.15) is 11.1 Å². The van der Waals surface area contributed by atoms with Crippen molar-refractivity contribution in [3.05, 3.63) is 22.3 Å². The van der Waals surface area contributed by atoms with Crippen molar-refractivity contribution >= 4 is 23.2 Å². The molecule has 1 aromatic rings. The molecule has 0 aliphatic heterocycles. The van der Waals surface area contributed by atoms with E-state index in [2.05, 4.69) is 9.72 Å². The Morgan fingerprint density at radius 3 is 2.11 bits per heavy atom. The quantitative estimate of drug-likeness (QED) is 0.596. The summed E-state index contributed by atoms with van der Waals surface area (Å²) in [6.07, 6.45) is -9.82. The highest BCUT2D eigenvalue weighted by atomic mass is 35.5. The Morgan fingerprint density at radius 1 is 1.17 bits per heavy atom. The topological polar surface area (TPSA) is 22.1 Å². The second kappa shape index (κ2) is 5.00. The third-order valence-corrected chi connectivity index (χ3v) is 2.32. The average Bonchev–Trinajstić information content (AvgIpc) is 2.16. The molecule has 0 atom stereocenters. The minimum Gasteiger partial charge on any atom is -0.387 e. The molecule has 10 heteroatoms. The minimum absolute atomic E-state index is 0.494. The first kappa shape index (κ1) is 15.2. The zero-order chi connectivity index (χ0) is 14.1. The third-order valence-electron chi connectivity index (χ3n) is 1.73. The van der Waals surface area contributed by atoms with Crippen molar-refractivity contribution in [2.45, 2.75) is 18.4 Å². The fourth-order valence-electron chi connectivity index (χ4n) is 1.12. The summed E-state index contributed by atoms with van der Waals surface area (Å²) in [7, 11) is 0. The second-order valence-electron chi connectivity index (χ2n) is 2.94. The fraction of sp³-hybridized carbons (Fsp3) is 0.375. The Bertz CT molecular complexity index is 444. The van der Waals surface area contributed by atoms with E-state index in [-0.39, 0.29) is 0 Å². The van der Waals surface area contributed by atoms with E-state index in [9.17, 15) is 26.3 Å². The number of hydrogen-bond acceptors (Lipinski definition) is 2. The predicted octanol–water partition coefficient (Wildman–Crippen LogP) is 4.39. The van der Waals surface area contributed by atoms with Crippen LogP contribution in [0.3, 0.4) is 0 Å². The van der Waals surface area contributed by atoms with E-state index >= 15 is 0 Å². The predicted molar refractivity (Wildman–Crippen MR) is 50.5 cm³/mol. The summed E-state index contributed by atoms with van der Waals surface area (Å²) in [6, 6.07) is 0. The van der Waals surface area contributed by atoms with E-state index in [1.54, 1.807) is 0 Å². The smallest absolute Gasteiger partial charge is 0.387 e. The van der Waals surface area contributed by atoms with Crippen LogP contribution in [-0.2, 0) is 12.1 Å². The first-order valence-corrected chi connectivity index (χ1v) is 5.03. The highest BCUT2D eigenvalue weighted by Gasteiger charge is 2.42. The van der Waals surface area contributed by atoms with Crippen molar-refractivity contribution < 1.29 is 31.1 Å². The Morgan fingerprint density at radius 2 is 1.72 bits per heavy atom. The number of alkyl halides is 7. The molecule has 1 rings (SSSR count). The van der Waals surface area contributed by atoms with E-state index in [0.29, 0.717) is 6.20 Å². The summed E-state index contributed by atoms with van der Waals surface area (Å²) in [5.74, 6) is -2.36. The number of halogens is 8. The number of ether oxygens (including phenoxy) is 1. The van der Waals surface area contributed by atoms with Gasteiger partial charge in [0.15, 0.2) is 0 Å². The molecular weight excluding hydrogens is 311 g/mol. The SMILES string of the molecule is FC(F)(F)Oc1ncc(Cl)c(CCl)c1C(F)(F)F. The Hall–Kier alpha value is -0.890. The molecule has 0 aliphatic rings. The molecule has 0 unspecified atom stereocenters. The zero-order valence-electron chi connectivity index (χ0n) is 8.16. The summed E-state index contributed by atoms with van der Waals surface area (Å²) >= 11 is 10.6. The molecule has 0 N–H and O–H groups in total. The Labute approximate surface area is 106 Å². The molecule has 0 bridgehead atoms. The fourth-order valence-corrected chi connectivity index (χ4v) is 1.67. The third kappa shape index (κ3) is 3.55. The molecule has 0 saturated heterocycles. The van der Waals surface area contributed by atoms with E-state index in [1.165, 1.54) is 0 Å². The lowest BCUT2D eigenvalue weighted by Crippen LogP contribution is -2.22. The van der Waals surface area contributed by atoms with Crippen LogP contribution in [0.25, 0.3) is 0 Å². The molecule has 0 radical (unpaired) electrons. The maximum Gasteiger partial charge on any atom is 0.574 e. The van der Waals surface area contributed by atoms with Crippen LogP contribution in [-0.4, -0.2) is 11.3 Å². The molecule has 0 aromatic carbocycles. The van der Waals surface area contributed by atoms with Gasteiger partial charge in [-0.3, -0.25) is 0 Å². The van der Waals surface area contributed by atoms with Gasteiger partial charge in [0.1, 0.15) is 5.56 Å². The van der Waals surface area contributed by atoms with Gasteiger partial charge in [-0.2, -0.15) is 13.2 Å². The largest absolute Gasteiger partial charge is 0.574 e. The van der Waals surface area contributed by atoms with Crippen LogP contribution in [0, 0.1) is 0 Å².